The molecule has 3 aromatic carbocycles. The molecular formula is C25H24NSiZr-. The van der Waals surface area contributed by atoms with Crippen LogP contribution in [0.2, 0.25) is 13.1 Å². The maximum absolute atomic E-state index is 4.62. The van der Waals surface area contributed by atoms with Crippen LogP contribution in [0.4, 0.5) is 0 Å². The number of rotatable bonds is 0. The molecule has 0 aromatic heterocycles. The number of hydrogen-bond acceptors (Lipinski definition) is 1. The maximum Gasteiger partial charge on any atom is 0.116 e. The first kappa shape index (κ1) is 19.6. The summed E-state index contributed by atoms with van der Waals surface area (Å²) in [6.07, 6.45) is 2.25. The zero-order chi connectivity index (χ0) is 18.9. The molecule has 0 saturated carbocycles. The van der Waals surface area contributed by atoms with Crippen molar-refractivity contribution in [2.75, 3.05) is 0 Å². The van der Waals surface area contributed by atoms with Crippen LogP contribution in [0.1, 0.15) is 19.4 Å². The molecule has 3 aromatic rings. The van der Waals surface area contributed by atoms with Crippen LogP contribution in [0.25, 0.3) is 21.5 Å². The van der Waals surface area contributed by atoms with Crippen LogP contribution in [0, 0.1) is 6.92 Å². The number of aliphatic imine (C=N–C) groups is 1. The summed E-state index contributed by atoms with van der Waals surface area (Å²) in [4.78, 5) is 4.62. The first-order valence-electron chi connectivity index (χ1n) is 9.67. The third-order valence-corrected chi connectivity index (χ3v) is 9.92. The van der Waals surface area contributed by atoms with Crippen LogP contribution in [0.15, 0.2) is 86.8 Å². The molecule has 0 N–H and O–H groups in total. The zero-order valence-electron chi connectivity index (χ0n) is 17.1. The van der Waals surface area contributed by atoms with Crippen molar-refractivity contribution in [3.05, 3.63) is 87.4 Å². The van der Waals surface area contributed by atoms with Gasteiger partial charge in [-0.05, 0) is 41.3 Å². The predicted octanol–water partition coefficient (Wildman–Crippen LogP) is 6.79. The Hall–Kier alpha value is -1.70. The summed E-state index contributed by atoms with van der Waals surface area (Å²) in [5.74, 6) is 0. The van der Waals surface area contributed by atoms with Gasteiger partial charge in [0.25, 0.3) is 0 Å². The van der Waals surface area contributed by atoms with Gasteiger partial charge in [0.2, 0.25) is 0 Å². The van der Waals surface area contributed by atoms with Crippen LogP contribution < -0.4 is 0 Å². The average molecular weight is 458 g/mol. The predicted molar refractivity (Wildman–Crippen MR) is 120 cm³/mol. The van der Waals surface area contributed by atoms with E-state index in [4.69, 9.17) is 0 Å². The second-order valence-electron chi connectivity index (χ2n) is 8.48. The van der Waals surface area contributed by atoms with Crippen molar-refractivity contribution in [3.63, 3.8) is 0 Å². The van der Waals surface area contributed by atoms with Crippen molar-refractivity contribution >= 4 is 35.3 Å². The Morgan fingerprint density at radius 2 is 1.64 bits per heavy atom. The molecule has 0 atom stereocenters. The van der Waals surface area contributed by atoms with Crippen molar-refractivity contribution < 1.29 is 26.2 Å². The summed E-state index contributed by atoms with van der Waals surface area (Å²) in [5.41, 5.74) is 6.84. The Balaban J connectivity index is 0.000000133. The summed E-state index contributed by atoms with van der Waals surface area (Å²) in [5, 5.41) is 8.69. The van der Waals surface area contributed by atoms with Gasteiger partial charge in [0, 0.05) is 37.5 Å². The Labute approximate surface area is 187 Å². The molecule has 0 fully saturated rings. The minimum atomic E-state index is -1.15. The molecule has 28 heavy (non-hydrogen) atoms. The average Bonchev–Trinajstić information content (AvgIpc) is 3.29. The van der Waals surface area contributed by atoms with E-state index in [1.807, 2.05) is 0 Å². The topological polar surface area (TPSA) is 12.4 Å². The minimum Gasteiger partial charge on any atom is -0.253 e. The van der Waals surface area contributed by atoms with E-state index in [1.165, 1.54) is 49.7 Å². The molecule has 1 nitrogen and oxygen atoms in total. The third-order valence-electron chi connectivity index (χ3n) is 6.16. The van der Waals surface area contributed by atoms with Crippen LogP contribution in [-0.2, 0) is 26.2 Å². The Bertz CT molecular complexity index is 1260. The molecule has 138 valence electrons. The fourth-order valence-electron chi connectivity index (χ4n) is 5.18. The molecule has 7 rings (SSSR count). The second kappa shape index (κ2) is 6.68. The van der Waals surface area contributed by atoms with E-state index in [1.54, 1.807) is 10.4 Å². The second-order valence-corrected chi connectivity index (χ2v) is 12.7. The summed E-state index contributed by atoms with van der Waals surface area (Å²) in [6.45, 7) is 11.3. The number of fused-ring (bicyclic) bond motifs is 3. The van der Waals surface area contributed by atoms with Gasteiger partial charge in [-0.15, -0.1) is 28.5 Å². The van der Waals surface area contributed by atoms with Crippen molar-refractivity contribution in [1.29, 1.82) is 0 Å². The van der Waals surface area contributed by atoms with Crippen molar-refractivity contribution in [2.24, 2.45) is 4.99 Å². The Morgan fingerprint density at radius 1 is 0.893 bits per heavy atom. The number of benzene rings is 2. The molecule has 3 heteroatoms. The largest absolute Gasteiger partial charge is 0.253 e. The van der Waals surface area contributed by atoms with Gasteiger partial charge in [-0.1, -0.05) is 55.7 Å². The van der Waals surface area contributed by atoms with Crippen molar-refractivity contribution in [1.82, 2.24) is 0 Å². The van der Waals surface area contributed by atoms with Crippen LogP contribution >= 0.6 is 0 Å². The van der Waals surface area contributed by atoms with Gasteiger partial charge >= 0.3 is 0 Å². The smallest absolute Gasteiger partial charge is 0.116 e. The van der Waals surface area contributed by atoms with Gasteiger partial charge in [-0.25, -0.2) is 0 Å². The first-order chi connectivity index (χ1) is 12.9. The normalized spacial score (nSPS) is 18.3. The number of nitrogens with zero attached hydrogens (tertiary/aromatic N) is 1. The molecule has 2 bridgehead atoms. The van der Waals surface area contributed by atoms with Crippen molar-refractivity contribution in [2.45, 2.75) is 33.9 Å². The van der Waals surface area contributed by atoms with Gasteiger partial charge in [-0.2, -0.15) is 6.07 Å². The molecule has 0 saturated heterocycles. The van der Waals surface area contributed by atoms with Gasteiger partial charge in [0.15, 0.2) is 0 Å². The molecule has 0 unspecified atom stereocenters. The van der Waals surface area contributed by atoms with Gasteiger partial charge < -0.3 is 0 Å². The summed E-state index contributed by atoms with van der Waals surface area (Å²) >= 11 is 0. The van der Waals surface area contributed by atoms with E-state index in [2.05, 4.69) is 93.5 Å². The zero-order valence-corrected chi connectivity index (χ0v) is 20.6. The Morgan fingerprint density at radius 3 is 2.36 bits per heavy atom. The van der Waals surface area contributed by atoms with Crippen molar-refractivity contribution in [3.8, 4) is 0 Å². The van der Waals surface area contributed by atoms with E-state index < -0.39 is 8.07 Å². The van der Waals surface area contributed by atoms with E-state index in [9.17, 15) is 0 Å². The molecule has 3 heterocycles. The quantitative estimate of drug-likeness (QED) is 0.260. The van der Waals surface area contributed by atoms with Crippen LogP contribution in [0.5, 0.6) is 0 Å². The fourth-order valence-corrected chi connectivity index (χ4v) is 9.01. The van der Waals surface area contributed by atoms with E-state index in [0.29, 0.717) is 0 Å². The molecule has 1 aliphatic carbocycles. The molecular weight excluding hydrogens is 434 g/mol. The van der Waals surface area contributed by atoms with Crippen LogP contribution in [0.3, 0.4) is 0 Å². The fraction of sp³-hybridized carbons (Fsp3) is 0.200. The Kier molecular flexibility index (Phi) is 4.68. The molecule has 4 aliphatic rings. The minimum absolute atomic E-state index is 0. The SMILES string of the molecule is CC1=NC2=C3C(C)=C(C2=C1)[Si]3(C)C.Cc1cc2c(ccc3ccccc32)[cH-]1.[Zr]. The maximum atomic E-state index is 4.62. The molecule has 0 amide bonds. The van der Waals surface area contributed by atoms with Gasteiger partial charge in [0.05, 0.1) is 5.70 Å². The summed E-state index contributed by atoms with van der Waals surface area (Å²) in [6, 6.07) is 17.4. The monoisotopic (exact) mass is 456 g/mol. The standard InChI is InChI=1S/C14H11.C11H13NSi.Zr/c1-10-8-12-7-6-11-4-2-3-5-13(11)14(12)9-10;1-6-5-8-9(12-6)11-7(2)10(8)13(11,3)4;/h2-9H,1H3;5H,1-4H3;/q-1;;. The summed E-state index contributed by atoms with van der Waals surface area (Å²) in [7, 11) is -1.15. The summed E-state index contributed by atoms with van der Waals surface area (Å²) < 4.78 is 0. The molecule has 0 spiro atoms. The third kappa shape index (κ3) is 2.67. The van der Waals surface area contributed by atoms with E-state index >= 15 is 0 Å². The van der Waals surface area contributed by atoms with Gasteiger partial charge in [0.1, 0.15) is 8.07 Å². The molecule has 0 radical (unpaired) electrons. The van der Waals surface area contributed by atoms with E-state index in [0.717, 1.165) is 0 Å². The number of aryl methyl sites for hydroxylation is 1. The first-order valence-corrected chi connectivity index (χ1v) is 12.7. The van der Waals surface area contributed by atoms with Gasteiger partial charge in [-0.3, -0.25) is 4.99 Å². The number of allylic oxidation sites excluding steroid dienone is 4. The molecule has 3 aliphatic heterocycles. The van der Waals surface area contributed by atoms with Crippen LogP contribution in [-0.4, -0.2) is 13.8 Å². The van der Waals surface area contributed by atoms with E-state index in [-0.39, 0.29) is 26.2 Å². The number of hydrogen-bond donors (Lipinski definition) is 0.